The Bertz CT molecular complexity index is 152. The van der Waals surface area contributed by atoms with Crippen LogP contribution in [-0.2, 0) is 0 Å². The fraction of sp³-hybridized carbons (Fsp3) is 1.00. The fourth-order valence-corrected chi connectivity index (χ4v) is 1.68. The molecule has 1 saturated carbocycles. The van der Waals surface area contributed by atoms with E-state index in [0.29, 0.717) is 18.8 Å². The molecule has 0 unspecified atom stereocenters. The monoisotopic (exact) mass is 180 g/mol. The van der Waals surface area contributed by atoms with Crippen LogP contribution in [0.1, 0.15) is 39.5 Å². The van der Waals surface area contributed by atoms with E-state index in [0.717, 1.165) is 12.8 Å². The molecule has 1 aliphatic carbocycles. The van der Waals surface area contributed by atoms with Gasteiger partial charge in [0.15, 0.2) is 0 Å². The molecule has 0 radical (unpaired) electrons. The van der Waals surface area contributed by atoms with Crippen LogP contribution < -0.4 is 0 Å². The highest BCUT2D eigenvalue weighted by Gasteiger charge is 2.51. The molecule has 1 rings (SSSR count). The average Bonchev–Trinajstić information content (AvgIpc) is 1.93. The van der Waals surface area contributed by atoms with Gasteiger partial charge in [-0.15, -0.1) is 0 Å². The third-order valence-electron chi connectivity index (χ3n) is 3.06. The van der Waals surface area contributed by atoms with Gasteiger partial charge < -0.3 is 0 Å². The maximum atomic E-state index is 12.5. The predicted molar refractivity (Wildman–Crippen MR) is 41.8 cm³/mol. The molecule has 0 bridgehead atoms. The van der Waals surface area contributed by atoms with Crippen LogP contribution >= 0.6 is 0 Å². The van der Waals surface area contributed by atoms with E-state index in [1.54, 1.807) is 0 Å². The largest absolute Gasteiger partial charge is 0.394 e. The Balaban J connectivity index is 2.62. The van der Waals surface area contributed by atoms with Crippen LogP contribution in [0.3, 0.4) is 0 Å². The Labute approximate surface area is 71.1 Å². The highest BCUT2D eigenvalue weighted by atomic mass is 19.4. The zero-order valence-corrected chi connectivity index (χ0v) is 7.54. The molecule has 0 spiro atoms. The summed E-state index contributed by atoms with van der Waals surface area (Å²) in [4.78, 5) is 0. The van der Waals surface area contributed by atoms with Crippen molar-refractivity contribution in [3.63, 3.8) is 0 Å². The number of hydrogen-bond donors (Lipinski definition) is 0. The molecular weight excluding hydrogens is 165 g/mol. The van der Waals surface area contributed by atoms with Crippen LogP contribution in [-0.4, -0.2) is 6.18 Å². The first-order valence-electron chi connectivity index (χ1n) is 4.42. The smallest absolute Gasteiger partial charge is 0.171 e. The van der Waals surface area contributed by atoms with Crippen molar-refractivity contribution < 1.29 is 13.2 Å². The Morgan fingerprint density at radius 3 is 1.92 bits per heavy atom. The van der Waals surface area contributed by atoms with Gasteiger partial charge >= 0.3 is 6.18 Å². The van der Waals surface area contributed by atoms with Crippen LogP contribution in [0, 0.1) is 11.3 Å². The molecule has 0 aromatic rings. The molecule has 0 aromatic heterocycles. The van der Waals surface area contributed by atoms with Crippen LogP contribution in [0.25, 0.3) is 0 Å². The Hall–Kier alpha value is -0.210. The molecule has 0 aliphatic heterocycles. The van der Waals surface area contributed by atoms with Crippen LogP contribution in [0.2, 0.25) is 0 Å². The van der Waals surface area contributed by atoms with Crippen molar-refractivity contribution in [2.45, 2.75) is 45.7 Å². The minimum atomic E-state index is -4.01. The second-order valence-corrected chi connectivity index (χ2v) is 4.24. The standard InChI is InChI=1S/C9H15F3/c1-7-3-5-8(2,6-4-7)9(10,11)12/h7H,3-6H2,1-2H3/t7-,8-. The van der Waals surface area contributed by atoms with Crippen LogP contribution in [0.4, 0.5) is 13.2 Å². The maximum absolute atomic E-state index is 12.5. The molecular formula is C9H15F3. The summed E-state index contributed by atoms with van der Waals surface area (Å²) in [5.74, 6) is 0.473. The first kappa shape index (κ1) is 9.87. The first-order chi connectivity index (χ1) is 5.35. The van der Waals surface area contributed by atoms with E-state index in [4.69, 9.17) is 0 Å². The fourth-order valence-electron chi connectivity index (χ4n) is 1.68. The van der Waals surface area contributed by atoms with E-state index in [1.807, 2.05) is 6.92 Å². The van der Waals surface area contributed by atoms with Gasteiger partial charge in [0.2, 0.25) is 0 Å². The number of hydrogen-bond acceptors (Lipinski definition) is 0. The van der Waals surface area contributed by atoms with Gasteiger partial charge in [-0.05, 0) is 31.6 Å². The minimum absolute atomic E-state index is 0.303. The molecule has 0 atom stereocenters. The molecule has 1 fully saturated rings. The summed E-state index contributed by atoms with van der Waals surface area (Å²) in [6, 6.07) is 0. The van der Waals surface area contributed by atoms with Gasteiger partial charge in [0.05, 0.1) is 5.41 Å². The van der Waals surface area contributed by atoms with E-state index in [2.05, 4.69) is 0 Å². The van der Waals surface area contributed by atoms with Gasteiger partial charge in [-0.3, -0.25) is 0 Å². The van der Waals surface area contributed by atoms with Crippen molar-refractivity contribution in [1.29, 1.82) is 0 Å². The summed E-state index contributed by atoms with van der Waals surface area (Å²) in [7, 11) is 0. The third-order valence-corrected chi connectivity index (χ3v) is 3.06. The average molecular weight is 180 g/mol. The molecule has 0 nitrogen and oxygen atoms in total. The summed E-state index contributed by atoms with van der Waals surface area (Å²) in [6.07, 6.45) is -1.96. The SMILES string of the molecule is C[C@H]1CC[C@](C)(C(F)(F)F)CC1. The van der Waals surface area contributed by atoms with Crippen molar-refractivity contribution in [3.8, 4) is 0 Å². The second kappa shape index (κ2) is 2.93. The zero-order chi connectivity index (χ0) is 9.41. The summed E-state index contributed by atoms with van der Waals surface area (Å²) in [5.41, 5.74) is -1.40. The molecule has 0 N–H and O–H groups in total. The maximum Gasteiger partial charge on any atom is 0.394 e. The van der Waals surface area contributed by atoms with E-state index in [9.17, 15) is 13.2 Å². The topological polar surface area (TPSA) is 0 Å². The summed E-state index contributed by atoms with van der Waals surface area (Å²) < 4.78 is 37.4. The van der Waals surface area contributed by atoms with Gasteiger partial charge in [0.1, 0.15) is 0 Å². The highest BCUT2D eigenvalue weighted by molar-refractivity contribution is 4.86. The van der Waals surface area contributed by atoms with Crippen molar-refractivity contribution in [3.05, 3.63) is 0 Å². The lowest BCUT2D eigenvalue weighted by Gasteiger charge is -2.37. The van der Waals surface area contributed by atoms with Gasteiger partial charge in [0.25, 0.3) is 0 Å². The van der Waals surface area contributed by atoms with E-state index in [1.165, 1.54) is 6.92 Å². The Morgan fingerprint density at radius 2 is 1.58 bits per heavy atom. The van der Waals surface area contributed by atoms with Crippen molar-refractivity contribution in [2.24, 2.45) is 11.3 Å². The molecule has 0 saturated heterocycles. The molecule has 72 valence electrons. The first-order valence-corrected chi connectivity index (χ1v) is 4.42. The van der Waals surface area contributed by atoms with Crippen LogP contribution in [0.15, 0.2) is 0 Å². The normalized spacial score (nSPS) is 38.2. The van der Waals surface area contributed by atoms with Crippen molar-refractivity contribution in [2.75, 3.05) is 0 Å². The van der Waals surface area contributed by atoms with Gasteiger partial charge in [-0.25, -0.2) is 0 Å². The molecule has 0 heterocycles. The van der Waals surface area contributed by atoms with E-state index >= 15 is 0 Å². The van der Waals surface area contributed by atoms with Gasteiger partial charge in [0, 0.05) is 0 Å². The zero-order valence-electron chi connectivity index (χ0n) is 7.54. The summed E-state index contributed by atoms with van der Waals surface area (Å²) in [5, 5.41) is 0. The molecule has 3 heteroatoms. The minimum Gasteiger partial charge on any atom is -0.171 e. The molecule has 1 aliphatic rings. The number of alkyl halides is 3. The Kier molecular flexibility index (Phi) is 2.41. The van der Waals surface area contributed by atoms with Gasteiger partial charge in [-0.1, -0.05) is 13.8 Å². The number of halogens is 3. The number of rotatable bonds is 0. The van der Waals surface area contributed by atoms with Crippen molar-refractivity contribution >= 4 is 0 Å². The van der Waals surface area contributed by atoms with Crippen molar-refractivity contribution in [1.82, 2.24) is 0 Å². The van der Waals surface area contributed by atoms with Gasteiger partial charge in [-0.2, -0.15) is 13.2 Å². The summed E-state index contributed by atoms with van der Waals surface area (Å²) in [6.45, 7) is 3.37. The lowest BCUT2D eigenvalue weighted by atomic mass is 9.72. The second-order valence-electron chi connectivity index (χ2n) is 4.24. The summed E-state index contributed by atoms with van der Waals surface area (Å²) >= 11 is 0. The highest BCUT2D eigenvalue weighted by Crippen LogP contribution is 2.49. The van der Waals surface area contributed by atoms with Crippen LogP contribution in [0.5, 0.6) is 0 Å². The quantitative estimate of drug-likeness (QED) is 0.532. The Morgan fingerprint density at radius 1 is 1.17 bits per heavy atom. The lowest BCUT2D eigenvalue weighted by Crippen LogP contribution is -2.38. The van der Waals surface area contributed by atoms with E-state index in [-0.39, 0.29) is 0 Å². The van der Waals surface area contributed by atoms with E-state index < -0.39 is 11.6 Å². The lowest BCUT2D eigenvalue weighted by molar-refractivity contribution is -0.229. The molecule has 0 amide bonds. The third kappa shape index (κ3) is 1.75. The predicted octanol–water partition coefficient (Wildman–Crippen LogP) is 3.77. The molecule has 0 aromatic carbocycles. The molecule has 12 heavy (non-hydrogen) atoms.